The highest BCUT2D eigenvalue weighted by atomic mass is 16.6. The van der Waals surface area contributed by atoms with Crippen molar-refractivity contribution in [1.29, 1.82) is 0 Å². The highest BCUT2D eigenvalue weighted by Gasteiger charge is 2.27. The van der Waals surface area contributed by atoms with Gasteiger partial charge in [0.25, 0.3) is 0 Å². The topological polar surface area (TPSA) is 72.6 Å². The molecule has 0 radical (unpaired) electrons. The molecule has 0 aliphatic heterocycles. The summed E-state index contributed by atoms with van der Waals surface area (Å²) in [7, 11) is 1.62. The van der Waals surface area contributed by atoms with Crippen LogP contribution in [-0.2, 0) is 4.74 Å². The van der Waals surface area contributed by atoms with Crippen LogP contribution in [0.2, 0.25) is 0 Å². The molecule has 1 aliphatic carbocycles. The SMILES string of the molecule is COC1CCC(O)C(/C=C/[N+](=O)[O-])C1. The van der Waals surface area contributed by atoms with E-state index in [-0.39, 0.29) is 12.0 Å². The summed E-state index contributed by atoms with van der Waals surface area (Å²) in [5, 5.41) is 19.7. The van der Waals surface area contributed by atoms with Crippen molar-refractivity contribution in [3.8, 4) is 0 Å². The summed E-state index contributed by atoms with van der Waals surface area (Å²) in [6.45, 7) is 0. The molecule has 3 atom stereocenters. The molecule has 1 rings (SSSR count). The number of nitro groups is 1. The van der Waals surface area contributed by atoms with E-state index in [1.807, 2.05) is 0 Å². The first-order valence-electron chi connectivity index (χ1n) is 4.66. The molecule has 3 unspecified atom stereocenters. The van der Waals surface area contributed by atoms with Gasteiger partial charge in [-0.2, -0.15) is 0 Å². The molecule has 0 spiro atoms. The van der Waals surface area contributed by atoms with E-state index in [4.69, 9.17) is 4.74 Å². The summed E-state index contributed by atoms with van der Waals surface area (Å²) in [5.74, 6) is -0.154. The molecule has 1 N–H and O–H groups in total. The number of rotatable bonds is 3. The summed E-state index contributed by atoms with van der Waals surface area (Å²) in [4.78, 5) is 9.59. The first-order chi connectivity index (χ1) is 6.63. The van der Waals surface area contributed by atoms with Gasteiger partial charge in [0.1, 0.15) is 0 Å². The molecule has 1 saturated carbocycles. The molecule has 0 heterocycles. The fourth-order valence-electron chi connectivity index (χ4n) is 1.75. The molecule has 0 bridgehead atoms. The number of nitrogens with zero attached hydrogens (tertiary/aromatic N) is 1. The fourth-order valence-corrected chi connectivity index (χ4v) is 1.75. The van der Waals surface area contributed by atoms with Crippen LogP contribution in [0.4, 0.5) is 0 Å². The van der Waals surface area contributed by atoms with Crippen LogP contribution in [0, 0.1) is 16.0 Å². The summed E-state index contributed by atoms with van der Waals surface area (Å²) < 4.78 is 5.16. The van der Waals surface area contributed by atoms with Crippen LogP contribution in [0.3, 0.4) is 0 Å². The minimum atomic E-state index is -0.511. The minimum Gasteiger partial charge on any atom is -0.393 e. The van der Waals surface area contributed by atoms with Gasteiger partial charge in [0.15, 0.2) is 0 Å². The van der Waals surface area contributed by atoms with Gasteiger partial charge in [0.05, 0.1) is 17.1 Å². The van der Waals surface area contributed by atoms with Crippen LogP contribution < -0.4 is 0 Å². The Bertz CT molecular complexity index is 229. The van der Waals surface area contributed by atoms with Gasteiger partial charge in [-0.15, -0.1) is 0 Å². The molecule has 14 heavy (non-hydrogen) atoms. The van der Waals surface area contributed by atoms with Crippen molar-refractivity contribution in [1.82, 2.24) is 0 Å². The third kappa shape index (κ3) is 3.08. The second kappa shape index (κ2) is 5.07. The zero-order valence-electron chi connectivity index (χ0n) is 8.13. The molecule has 0 aromatic heterocycles. The van der Waals surface area contributed by atoms with E-state index in [0.29, 0.717) is 12.8 Å². The Labute approximate surface area is 82.5 Å². The third-order valence-electron chi connectivity index (χ3n) is 2.60. The quantitative estimate of drug-likeness (QED) is 0.545. The lowest BCUT2D eigenvalue weighted by atomic mass is 9.84. The maximum absolute atomic E-state index is 10.1. The van der Waals surface area contributed by atoms with Crippen molar-refractivity contribution >= 4 is 0 Å². The van der Waals surface area contributed by atoms with Crippen molar-refractivity contribution < 1.29 is 14.8 Å². The number of hydrogen-bond acceptors (Lipinski definition) is 4. The minimum absolute atomic E-state index is 0.111. The molecule has 0 saturated heterocycles. The first-order valence-corrected chi connectivity index (χ1v) is 4.66. The zero-order chi connectivity index (χ0) is 10.6. The number of ether oxygens (including phenoxy) is 1. The van der Waals surface area contributed by atoms with Crippen molar-refractivity contribution in [2.45, 2.75) is 31.5 Å². The van der Waals surface area contributed by atoms with Gasteiger partial charge in [-0.1, -0.05) is 0 Å². The lowest BCUT2D eigenvalue weighted by molar-refractivity contribution is -0.403. The van der Waals surface area contributed by atoms with Gasteiger partial charge in [0, 0.05) is 13.0 Å². The van der Waals surface area contributed by atoms with E-state index < -0.39 is 11.0 Å². The van der Waals surface area contributed by atoms with Crippen LogP contribution in [0.25, 0.3) is 0 Å². The van der Waals surface area contributed by atoms with Crippen molar-refractivity contribution in [2.75, 3.05) is 7.11 Å². The third-order valence-corrected chi connectivity index (χ3v) is 2.60. The van der Waals surface area contributed by atoms with Gasteiger partial charge in [0.2, 0.25) is 6.20 Å². The standard InChI is InChI=1S/C9H15NO4/c1-14-8-2-3-9(11)7(6-8)4-5-10(12)13/h4-5,7-9,11H,2-3,6H2,1H3/b5-4+. The molecule has 0 amide bonds. The first kappa shape index (κ1) is 11.1. The number of methoxy groups -OCH3 is 1. The Morgan fingerprint density at radius 2 is 2.29 bits per heavy atom. The second-order valence-corrected chi connectivity index (χ2v) is 3.53. The van der Waals surface area contributed by atoms with Crippen LogP contribution >= 0.6 is 0 Å². The molecule has 0 aromatic carbocycles. The van der Waals surface area contributed by atoms with Gasteiger partial charge < -0.3 is 9.84 Å². The van der Waals surface area contributed by atoms with Gasteiger partial charge in [-0.05, 0) is 25.3 Å². The monoisotopic (exact) mass is 201 g/mol. The summed E-state index contributed by atoms with van der Waals surface area (Å²) in [5.41, 5.74) is 0. The number of aliphatic hydroxyl groups excluding tert-OH is 1. The molecular weight excluding hydrogens is 186 g/mol. The fraction of sp³-hybridized carbons (Fsp3) is 0.778. The van der Waals surface area contributed by atoms with E-state index in [9.17, 15) is 15.2 Å². The largest absolute Gasteiger partial charge is 0.393 e. The molecule has 1 fully saturated rings. The van der Waals surface area contributed by atoms with Crippen molar-refractivity contribution in [3.63, 3.8) is 0 Å². The van der Waals surface area contributed by atoms with Crippen LogP contribution in [-0.4, -0.2) is 29.3 Å². The lowest BCUT2D eigenvalue weighted by Gasteiger charge is -2.30. The average Bonchev–Trinajstić information content (AvgIpc) is 2.16. The Kier molecular flexibility index (Phi) is 4.03. The van der Waals surface area contributed by atoms with E-state index >= 15 is 0 Å². The number of aliphatic hydroxyl groups is 1. The molecular formula is C9H15NO4. The maximum atomic E-state index is 10.1. The van der Waals surface area contributed by atoms with E-state index in [1.54, 1.807) is 7.11 Å². The second-order valence-electron chi connectivity index (χ2n) is 3.53. The van der Waals surface area contributed by atoms with Gasteiger partial charge in [-0.3, -0.25) is 10.1 Å². The maximum Gasteiger partial charge on any atom is 0.230 e. The van der Waals surface area contributed by atoms with Crippen molar-refractivity contribution in [3.05, 3.63) is 22.4 Å². The van der Waals surface area contributed by atoms with Gasteiger partial charge >= 0.3 is 0 Å². The summed E-state index contributed by atoms with van der Waals surface area (Å²) in [6, 6.07) is 0. The highest BCUT2D eigenvalue weighted by molar-refractivity contribution is 4.92. The van der Waals surface area contributed by atoms with Gasteiger partial charge in [-0.25, -0.2) is 0 Å². The molecule has 5 heteroatoms. The van der Waals surface area contributed by atoms with E-state index in [0.717, 1.165) is 12.6 Å². The summed E-state index contributed by atoms with van der Waals surface area (Å²) >= 11 is 0. The van der Waals surface area contributed by atoms with Crippen LogP contribution in [0.1, 0.15) is 19.3 Å². The average molecular weight is 201 g/mol. The number of hydrogen-bond donors (Lipinski definition) is 1. The van der Waals surface area contributed by atoms with Crippen LogP contribution in [0.5, 0.6) is 0 Å². The predicted molar refractivity (Wildman–Crippen MR) is 50.3 cm³/mol. The molecule has 80 valence electrons. The molecule has 1 aliphatic rings. The Morgan fingerprint density at radius 1 is 1.57 bits per heavy atom. The highest BCUT2D eigenvalue weighted by Crippen LogP contribution is 2.27. The van der Waals surface area contributed by atoms with Crippen molar-refractivity contribution in [2.24, 2.45) is 5.92 Å². The predicted octanol–water partition coefficient (Wildman–Crippen LogP) is 0.953. The van der Waals surface area contributed by atoms with E-state index in [2.05, 4.69) is 0 Å². The lowest BCUT2D eigenvalue weighted by Crippen LogP contribution is -2.31. The van der Waals surface area contributed by atoms with E-state index in [1.165, 1.54) is 6.08 Å². The Hall–Kier alpha value is -0.940. The Balaban J connectivity index is 2.52. The summed E-state index contributed by atoms with van der Waals surface area (Å²) in [6.07, 6.45) is 4.10. The smallest absolute Gasteiger partial charge is 0.230 e. The zero-order valence-corrected chi connectivity index (χ0v) is 8.13. The Morgan fingerprint density at radius 3 is 2.86 bits per heavy atom. The molecule has 0 aromatic rings. The molecule has 5 nitrogen and oxygen atoms in total. The van der Waals surface area contributed by atoms with Crippen LogP contribution in [0.15, 0.2) is 12.3 Å². The normalized spacial score (nSPS) is 33.4.